The highest BCUT2D eigenvalue weighted by Crippen LogP contribution is 2.42. The molecule has 2 aliphatic carbocycles. The lowest BCUT2D eigenvalue weighted by atomic mass is 9.68. The lowest BCUT2D eigenvalue weighted by Gasteiger charge is -2.48. The molecule has 22 heavy (non-hydrogen) atoms. The van der Waals surface area contributed by atoms with Gasteiger partial charge < -0.3 is 15.3 Å². The van der Waals surface area contributed by atoms with Gasteiger partial charge in [-0.05, 0) is 37.6 Å². The lowest BCUT2D eigenvalue weighted by molar-refractivity contribution is -0.139. The molecule has 0 saturated heterocycles. The van der Waals surface area contributed by atoms with Crippen LogP contribution in [0.3, 0.4) is 0 Å². The molecule has 6 nitrogen and oxygen atoms in total. The van der Waals surface area contributed by atoms with E-state index in [1.807, 2.05) is 23.8 Å². The van der Waals surface area contributed by atoms with Crippen LogP contribution in [0.1, 0.15) is 46.5 Å². The van der Waals surface area contributed by atoms with Crippen LogP contribution >= 0.6 is 0 Å². The predicted molar refractivity (Wildman–Crippen MR) is 84.8 cm³/mol. The fourth-order valence-electron chi connectivity index (χ4n) is 3.61. The fraction of sp³-hybridized carbons (Fsp3) is 0.875. The zero-order valence-electron chi connectivity index (χ0n) is 14.1. The minimum atomic E-state index is -0.790. The summed E-state index contributed by atoms with van der Waals surface area (Å²) in [4.78, 5) is 26.8. The summed E-state index contributed by atoms with van der Waals surface area (Å²) in [5.41, 5.74) is 0.360. The van der Waals surface area contributed by atoms with Crippen molar-refractivity contribution >= 4 is 12.0 Å². The number of carboxylic acid groups (broad SMARTS) is 1. The van der Waals surface area contributed by atoms with Gasteiger partial charge >= 0.3 is 12.0 Å². The molecule has 2 rings (SSSR count). The summed E-state index contributed by atoms with van der Waals surface area (Å²) in [6.07, 6.45) is 3.81. The maximum Gasteiger partial charge on any atom is 0.317 e. The van der Waals surface area contributed by atoms with Crippen molar-refractivity contribution in [3.8, 4) is 0 Å². The van der Waals surface area contributed by atoms with E-state index in [4.69, 9.17) is 5.11 Å². The number of carboxylic acids is 1. The molecular weight excluding hydrogens is 282 g/mol. The molecule has 2 fully saturated rings. The van der Waals surface area contributed by atoms with Gasteiger partial charge in [0.25, 0.3) is 0 Å². The lowest BCUT2D eigenvalue weighted by Crippen LogP contribution is -2.59. The van der Waals surface area contributed by atoms with E-state index in [1.165, 1.54) is 0 Å². The first-order valence-corrected chi connectivity index (χ1v) is 8.21. The third kappa shape index (κ3) is 3.91. The molecule has 0 heterocycles. The predicted octanol–water partition coefficient (Wildman–Crippen LogP) is 1.75. The van der Waals surface area contributed by atoms with Crippen LogP contribution in [0.5, 0.6) is 0 Å². The Morgan fingerprint density at radius 2 is 1.82 bits per heavy atom. The van der Waals surface area contributed by atoms with Gasteiger partial charge in [-0.15, -0.1) is 0 Å². The SMILES string of the molecule is CCN(CC(=O)O)C1CC(NC(=O)N(C)C2CC(C)(C)C2)C1. The molecule has 2 N–H and O–H groups in total. The first-order valence-electron chi connectivity index (χ1n) is 8.21. The van der Waals surface area contributed by atoms with Crippen molar-refractivity contribution in [2.75, 3.05) is 20.1 Å². The van der Waals surface area contributed by atoms with Crippen molar-refractivity contribution in [2.45, 2.75) is 64.6 Å². The molecule has 0 radical (unpaired) electrons. The highest BCUT2D eigenvalue weighted by molar-refractivity contribution is 5.75. The molecule has 0 atom stereocenters. The van der Waals surface area contributed by atoms with Gasteiger partial charge in [-0.1, -0.05) is 20.8 Å². The number of carbonyl (C=O) groups is 2. The summed E-state index contributed by atoms with van der Waals surface area (Å²) >= 11 is 0. The second-order valence-electron chi connectivity index (χ2n) is 7.57. The second-order valence-corrected chi connectivity index (χ2v) is 7.57. The standard InChI is InChI=1S/C16H29N3O3/c1-5-19(10-14(20)21)12-6-11(7-12)17-15(22)18(4)13-8-16(2,3)9-13/h11-13H,5-10H2,1-4H3,(H,17,22)(H,20,21). The van der Waals surface area contributed by atoms with E-state index < -0.39 is 5.97 Å². The smallest absolute Gasteiger partial charge is 0.317 e. The molecule has 0 unspecified atom stereocenters. The molecule has 2 saturated carbocycles. The Kier molecular flexibility index (Phi) is 5.00. The maximum absolute atomic E-state index is 12.2. The minimum Gasteiger partial charge on any atom is -0.480 e. The number of hydrogen-bond acceptors (Lipinski definition) is 3. The summed E-state index contributed by atoms with van der Waals surface area (Å²) in [7, 11) is 1.87. The van der Waals surface area contributed by atoms with Crippen LogP contribution in [0.25, 0.3) is 0 Å². The number of urea groups is 1. The van der Waals surface area contributed by atoms with Gasteiger partial charge in [-0.25, -0.2) is 4.79 Å². The van der Waals surface area contributed by atoms with Crippen LogP contribution in [0, 0.1) is 5.41 Å². The van der Waals surface area contributed by atoms with E-state index in [0.717, 1.165) is 32.2 Å². The van der Waals surface area contributed by atoms with Crippen LogP contribution in [0.2, 0.25) is 0 Å². The quantitative estimate of drug-likeness (QED) is 0.784. The average Bonchev–Trinajstić information content (AvgIpc) is 2.35. The fourth-order valence-corrected chi connectivity index (χ4v) is 3.61. The Balaban J connectivity index is 1.71. The molecular formula is C16H29N3O3. The van der Waals surface area contributed by atoms with Gasteiger partial charge in [0, 0.05) is 25.2 Å². The number of hydrogen-bond donors (Lipinski definition) is 2. The van der Waals surface area contributed by atoms with Gasteiger partial charge in [0.15, 0.2) is 0 Å². The van der Waals surface area contributed by atoms with E-state index in [1.54, 1.807) is 0 Å². The monoisotopic (exact) mass is 311 g/mol. The van der Waals surface area contributed by atoms with E-state index in [0.29, 0.717) is 11.5 Å². The van der Waals surface area contributed by atoms with Gasteiger partial charge in [0.1, 0.15) is 0 Å². The van der Waals surface area contributed by atoms with Crippen molar-refractivity contribution in [2.24, 2.45) is 5.41 Å². The number of carbonyl (C=O) groups excluding carboxylic acids is 1. The molecule has 0 aromatic carbocycles. The number of rotatable bonds is 6. The normalized spacial score (nSPS) is 27.0. The molecule has 0 aromatic rings. The van der Waals surface area contributed by atoms with Crippen molar-refractivity contribution in [1.29, 1.82) is 0 Å². The van der Waals surface area contributed by atoms with Crippen LogP contribution in [-0.4, -0.2) is 65.2 Å². The van der Waals surface area contributed by atoms with E-state index in [9.17, 15) is 9.59 Å². The van der Waals surface area contributed by atoms with Crippen molar-refractivity contribution in [1.82, 2.24) is 15.1 Å². The molecule has 2 amide bonds. The minimum absolute atomic E-state index is 0.00485. The average molecular weight is 311 g/mol. The zero-order valence-corrected chi connectivity index (χ0v) is 14.1. The van der Waals surface area contributed by atoms with Crippen LogP contribution in [0.15, 0.2) is 0 Å². The Bertz CT molecular complexity index is 424. The van der Waals surface area contributed by atoms with Crippen LogP contribution in [0.4, 0.5) is 4.79 Å². The molecule has 0 aliphatic heterocycles. The van der Waals surface area contributed by atoms with Crippen LogP contribution < -0.4 is 5.32 Å². The van der Waals surface area contributed by atoms with Crippen LogP contribution in [-0.2, 0) is 4.79 Å². The van der Waals surface area contributed by atoms with Gasteiger partial charge in [0.05, 0.1) is 6.54 Å². The van der Waals surface area contributed by atoms with E-state index >= 15 is 0 Å². The maximum atomic E-state index is 12.2. The highest BCUT2D eigenvalue weighted by Gasteiger charge is 2.41. The Morgan fingerprint density at radius 3 is 2.27 bits per heavy atom. The van der Waals surface area contributed by atoms with Crippen molar-refractivity contribution in [3.05, 3.63) is 0 Å². The molecule has 2 aliphatic rings. The third-order valence-electron chi connectivity index (χ3n) is 5.15. The van der Waals surface area contributed by atoms with Gasteiger partial charge in [-0.2, -0.15) is 0 Å². The number of aliphatic carboxylic acids is 1. The molecule has 0 spiro atoms. The van der Waals surface area contributed by atoms with E-state index in [2.05, 4.69) is 19.2 Å². The first-order chi connectivity index (χ1) is 10.2. The molecule has 6 heteroatoms. The summed E-state index contributed by atoms with van der Waals surface area (Å²) in [5.74, 6) is -0.790. The Hall–Kier alpha value is -1.30. The van der Waals surface area contributed by atoms with E-state index in [-0.39, 0.29) is 24.7 Å². The van der Waals surface area contributed by atoms with Crippen molar-refractivity contribution in [3.63, 3.8) is 0 Å². The highest BCUT2D eigenvalue weighted by atomic mass is 16.4. The summed E-state index contributed by atoms with van der Waals surface area (Å²) in [6.45, 7) is 7.25. The summed E-state index contributed by atoms with van der Waals surface area (Å²) < 4.78 is 0. The molecule has 0 bridgehead atoms. The van der Waals surface area contributed by atoms with Crippen molar-refractivity contribution < 1.29 is 14.7 Å². The number of likely N-dealkylation sites (N-methyl/N-ethyl adjacent to an activating group) is 1. The number of amides is 2. The molecule has 126 valence electrons. The Morgan fingerprint density at radius 1 is 1.23 bits per heavy atom. The third-order valence-corrected chi connectivity index (χ3v) is 5.15. The zero-order chi connectivity index (χ0) is 16.5. The topological polar surface area (TPSA) is 72.9 Å². The number of nitrogens with one attached hydrogen (secondary N) is 1. The largest absolute Gasteiger partial charge is 0.480 e. The molecule has 0 aromatic heterocycles. The number of nitrogens with zero attached hydrogens (tertiary/aromatic N) is 2. The first kappa shape index (κ1) is 17.1. The second kappa shape index (κ2) is 6.44. The summed E-state index contributed by atoms with van der Waals surface area (Å²) in [5, 5.41) is 12.0. The summed E-state index contributed by atoms with van der Waals surface area (Å²) in [6, 6.07) is 0.811. The van der Waals surface area contributed by atoms with Gasteiger partial charge in [0.2, 0.25) is 0 Å². The van der Waals surface area contributed by atoms with Gasteiger partial charge in [-0.3, -0.25) is 9.69 Å². The Labute approximate surface area is 132 Å².